The highest BCUT2D eigenvalue weighted by Crippen LogP contribution is 2.29. The SMILES string of the molecule is COCCCCCCOc1ccc(OC(=O)C2CCC(C)CC2)cc1. The lowest BCUT2D eigenvalue weighted by atomic mass is 9.83. The molecule has 0 spiro atoms. The molecule has 1 aliphatic rings. The van der Waals surface area contributed by atoms with Crippen LogP contribution in [0.25, 0.3) is 0 Å². The summed E-state index contributed by atoms with van der Waals surface area (Å²) in [7, 11) is 1.74. The van der Waals surface area contributed by atoms with Crippen molar-refractivity contribution >= 4 is 5.97 Å². The van der Waals surface area contributed by atoms with Crippen LogP contribution in [0.2, 0.25) is 0 Å². The number of hydrogen-bond donors (Lipinski definition) is 0. The third-order valence-electron chi connectivity index (χ3n) is 4.90. The fourth-order valence-electron chi connectivity index (χ4n) is 3.19. The Hall–Kier alpha value is -1.55. The van der Waals surface area contributed by atoms with Gasteiger partial charge in [-0.3, -0.25) is 4.79 Å². The monoisotopic (exact) mass is 348 g/mol. The van der Waals surface area contributed by atoms with Gasteiger partial charge in [0.2, 0.25) is 0 Å². The summed E-state index contributed by atoms with van der Waals surface area (Å²) in [6, 6.07) is 7.38. The summed E-state index contributed by atoms with van der Waals surface area (Å²) in [6.07, 6.45) is 8.62. The van der Waals surface area contributed by atoms with Gasteiger partial charge in [-0.05, 0) is 75.1 Å². The van der Waals surface area contributed by atoms with Gasteiger partial charge in [0.15, 0.2) is 0 Å². The molecule has 0 N–H and O–H groups in total. The van der Waals surface area contributed by atoms with E-state index in [1.165, 1.54) is 6.42 Å². The van der Waals surface area contributed by atoms with E-state index in [1.807, 2.05) is 24.3 Å². The highest BCUT2D eigenvalue weighted by molar-refractivity contribution is 5.75. The first kappa shape index (κ1) is 19.8. The number of esters is 1. The molecule has 0 aliphatic heterocycles. The van der Waals surface area contributed by atoms with Crippen molar-refractivity contribution in [2.75, 3.05) is 20.3 Å². The number of rotatable bonds is 10. The van der Waals surface area contributed by atoms with E-state index in [9.17, 15) is 4.79 Å². The molecular weight excluding hydrogens is 316 g/mol. The van der Waals surface area contributed by atoms with E-state index in [0.717, 1.165) is 63.2 Å². The van der Waals surface area contributed by atoms with Crippen LogP contribution in [0.3, 0.4) is 0 Å². The molecule has 25 heavy (non-hydrogen) atoms. The Morgan fingerprint density at radius 1 is 0.920 bits per heavy atom. The van der Waals surface area contributed by atoms with E-state index >= 15 is 0 Å². The number of benzene rings is 1. The number of unbranched alkanes of at least 4 members (excludes halogenated alkanes) is 3. The lowest BCUT2D eigenvalue weighted by Gasteiger charge is -2.24. The molecule has 0 unspecified atom stereocenters. The van der Waals surface area contributed by atoms with Crippen molar-refractivity contribution in [2.24, 2.45) is 11.8 Å². The smallest absolute Gasteiger partial charge is 0.314 e. The minimum absolute atomic E-state index is 0.0604. The Bertz CT molecular complexity index is 489. The van der Waals surface area contributed by atoms with Crippen molar-refractivity contribution in [2.45, 2.75) is 58.3 Å². The Balaban J connectivity index is 1.64. The Morgan fingerprint density at radius 2 is 1.52 bits per heavy atom. The molecule has 1 fully saturated rings. The van der Waals surface area contributed by atoms with Gasteiger partial charge in [-0.2, -0.15) is 0 Å². The molecule has 0 atom stereocenters. The van der Waals surface area contributed by atoms with E-state index < -0.39 is 0 Å². The van der Waals surface area contributed by atoms with Crippen LogP contribution in [0.15, 0.2) is 24.3 Å². The summed E-state index contributed by atoms with van der Waals surface area (Å²) in [4.78, 5) is 12.2. The van der Waals surface area contributed by atoms with Gasteiger partial charge < -0.3 is 14.2 Å². The van der Waals surface area contributed by atoms with Gasteiger partial charge in [-0.15, -0.1) is 0 Å². The first-order valence-corrected chi connectivity index (χ1v) is 9.62. The summed E-state index contributed by atoms with van der Waals surface area (Å²) in [5.41, 5.74) is 0. The van der Waals surface area contributed by atoms with Gasteiger partial charge >= 0.3 is 5.97 Å². The molecular formula is C21H32O4. The fourth-order valence-corrected chi connectivity index (χ4v) is 3.19. The molecule has 4 heteroatoms. The van der Waals surface area contributed by atoms with Crippen molar-refractivity contribution < 1.29 is 19.0 Å². The number of ether oxygens (including phenoxy) is 3. The number of methoxy groups -OCH3 is 1. The van der Waals surface area contributed by atoms with Gasteiger partial charge in [0.05, 0.1) is 12.5 Å². The quantitative estimate of drug-likeness (QED) is 0.339. The molecule has 1 aromatic rings. The average Bonchev–Trinajstić information content (AvgIpc) is 2.63. The topological polar surface area (TPSA) is 44.8 Å². The maximum atomic E-state index is 12.2. The molecule has 0 saturated heterocycles. The van der Waals surface area contributed by atoms with E-state index in [4.69, 9.17) is 14.2 Å². The van der Waals surface area contributed by atoms with Crippen LogP contribution in [-0.2, 0) is 9.53 Å². The summed E-state index contributed by atoms with van der Waals surface area (Å²) in [6.45, 7) is 3.80. The van der Waals surface area contributed by atoms with Crippen LogP contribution in [0.4, 0.5) is 0 Å². The summed E-state index contributed by atoms with van der Waals surface area (Å²) in [5.74, 6) is 2.14. The second-order valence-electron chi connectivity index (χ2n) is 7.10. The van der Waals surface area contributed by atoms with Crippen molar-refractivity contribution in [3.63, 3.8) is 0 Å². The van der Waals surface area contributed by atoms with Crippen molar-refractivity contribution in [3.8, 4) is 11.5 Å². The summed E-state index contributed by atoms with van der Waals surface area (Å²) >= 11 is 0. The van der Waals surface area contributed by atoms with Crippen LogP contribution in [0.5, 0.6) is 11.5 Å². The highest BCUT2D eigenvalue weighted by Gasteiger charge is 2.25. The zero-order valence-electron chi connectivity index (χ0n) is 15.7. The number of hydrogen-bond acceptors (Lipinski definition) is 4. The largest absolute Gasteiger partial charge is 0.494 e. The predicted octanol–water partition coefficient (Wildman–Crippen LogP) is 5.00. The van der Waals surface area contributed by atoms with Crippen LogP contribution < -0.4 is 9.47 Å². The number of carbonyl (C=O) groups is 1. The molecule has 1 aliphatic carbocycles. The molecule has 0 bridgehead atoms. The van der Waals surface area contributed by atoms with E-state index in [2.05, 4.69) is 6.92 Å². The first-order chi connectivity index (χ1) is 12.2. The maximum Gasteiger partial charge on any atom is 0.314 e. The minimum Gasteiger partial charge on any atom is -0.494 e. The minimum atomic E-state index is -0.0865. The standard InChI is InChI=1S/C21H32O4/c1-17-7-9-18(10-8-17)21(22)25-20-13-11-19(12-14-20)24-16-6-4-3-5-15-23-2/h11-14,17-18H,3-10,15-16H2,1-2H3. The second kappa shape index (κ2) is 11.1. The third kappa shape index (κ3) is 7.47. The van der Waals surface area contributed by atoms with Crippen LogP contribution in [0, 0.1) is 11.8 Å². The van der Waals surface area contributed by atoms with Crippen molar-refractivity contribution in [1.82, 2.24) is 0 Å². The molecule has 2 rings (SSSR count). The summed E-state index contributed by atoms with van der Waals surface area (Å²) in [5, 5.41) is 0. The van der Waals surface area contributed by atoms with E-state index in [0.29, 0.717) is 12.4 Å². The zero-order chi connectivity index (χ0) is 17.9. The van der Waals surface area contributed by atoms with Crippen molar-refractivity contribution in [3.05, 3.63) is 24.3 Å². The van der Waals surface area contributed by atoms with Gasteiger partial charge in [0.1, 0.15) is 11.5 Å². The second-order valence-corrected chi connectivity index (χ2v) is 7.10. The van der Waals surface area contributed by atoms with Gasteiger partial charge in [-0.25, -0.2) is 0 Å². The Kier molecular flexibility index (Phi) is 8.81. The molecule has 0 amide bonds. The zero-order valence-corrected chi connectivity index (χ0v) is 15.7. The number of carbonyl (C=O) groups excluding carboxylic acids is 1. The van der Waals surface area contributed by atoms with Crippen molar-refractivity contribution in [1.29, 1.82) is 0 Å². The van der Waals surface area contributed by atoms with E-state index in [-0.39, 0.29) is 11.9 Å². The lowest BCUT2D eigenvalue weighted by Crippen LogP contribution is -2.24. The van der Waals surface area contributed by atoms with Gasteiger partial charge in [0.25, 0.3) is 0 Å². The van der Waals surface area contributed by atoms with Gasteiger partial charge in [-0.1, -0.05) is 13.3 Å². The highest BCUT2D eigenvalue weighted by atomic mass is 16.5. The summed E-state index contributed by atoms with van der Waals surface area (Å²) < 4.78 is 16.3. The Labute approximate surface area is 151 Å². The molecule has 4 nitrogen and oxygen atoms in total. The first-order valence-electron chi connectivity index (χ1n) is 9.62. The molecule has 0 aromatic heterocycles. The third-order valence-corrected chi connectivity index (χ3v) is 4.90. The normalized spacial score (nSPS) is 20.2. The molecule has 1 saturated carbocycles. The maximum absolute atomic E-state index is 12.2. The Morgan fingerprint density at radius 3 is 2.16 bits per heavy atom. The fraction of sp³-hybridized carbons (Fsp3) is 0.667. The molecule has 0 heterocycles. The average molecular weight is 348 g/mol. The predicted molar refractivity (Wildman–Crippen MR) is 99.0 cm³/mol. The lowest BCUT2D eigenvalue weighted by molar-refractivity contribution is -0.140. The van der Waals surface area contributed by atoms with Crippen LogP contribution >= 0.6 is 0 Å². The van der Waals surface area contributed by atoms with Crippen LogP contribution in [-0.4, -0.2) is 26.3 Å². The molecule has 0 radical (unpaired) electrons. The van der Waals surface area contributed by atoms with Gasteiger partial charge in [0, 0.05) is 13.7 Å². The van der Waals surface area contributed by atoms with E-state index in [1.54, 1.807) is 7.11 Å². The molecule has 140 valence electrons. The molecule has 1 aromatic carbocycles. The van der Waals surface area contributed by atoms with Crippen LogP contribution in [0.1, 0.15) is 58.3 Å².